The predicted molar refractivity (Wildman–Crippen MR) is 116 cm³/mol. The molecule has 0 atom stereocenters. The third kappa shape index (κ3) is 3.15. The Morgan fingerprint density at radius 1 is 0.700 bits per heavy atom. The molecule has 0 aliphatic rings. The van der Waals surface area contributed by atoms with Crippen molar-refractivity contribution in [2.45, 2.75) is 6.92 Å². The Hall–Kier alpha value is -3.51. The normalized spacial score (nSPS) is 11.2. The van der Waals surface area contributed by atoms with Gasteiger partial charge in [0.05, 0.1) is 11.4 Å². The molecule has 3 aromatic heterocycles. The summed E-state index contributed by atoms with van der Waals surface area (Å²) in [5.74, 6) is -0.605. The minimum Gasteiger partial charge on any atom is -0.265 e. The van der Waals surface area contributed by atoms with Gasteiger partial charge in [-0.2, -0.15) is 4.37 Å². The van der Waals surface area contributed by atoms with Crippen molar-refractivity contribution >= 4 is 21.7 Å². The molecule has 30 heavy (non-hydrogen) atoms. The van der Waals surface area contributed by atoms with Crippen LogP contribution in [0, 0.1) is 18.6 Å². The molecule has 0 radical (unpaired) electrons. The van der Waals surface area contributed by atoms with Gasteiger partial charge in [-0.25, -0.2) is 13.8 Å². The van der Waals surface area contributed by atoms with E-state index in [9.17, 15) is 8.78 Å². The number of hydrogen-bond donors (Lipinski definition) is 0. The van der Waals surface area contributed by atoms with Gasteiger partial charge in [-0.3, -0.25) is 4.98 Å². The van der Waals surface area contributed by atoms with Crippen molar-refractivity contribution in [3.63, 3.8) is 0 Å². The fourth-order valence-electron chi connectivity index (χ4n) is 3.64. The van der Waals surface area contributed by atoms with Gasteiger partial charge >= 0.3 is 0 Å². The summed E-state index contributed by atoms with van der Waals surface area (Å²) < 4.78 is 31.8. The molecule has 2 aromatic carbocycles. The highest BCUT2D eigenvalue weighted by molar-refractivity contribution is 7.13. The lowest BCUT2D eigenvalue weighted by Gasteiger charge is -2.17. The minimum atomic E-state index is -0.308. The van der Waals surface area contributed by atoms with Crippen LogP contribution in [0.5, 0.6) is 0 Å². The fourth-order valence-corrected chi connectivity index (χ4v) is 4.43. The molecule has 5 rings (SSSR count). The number of aromatic nitrogens is 3. The number of pyridine rings is 2. The van der Waals surface area contributed by atoms with Crippen LogP contribution < -0.4 is 0 Å². The first-order valence-corrected chi connectivity index (χ1v) is 10.1. The maximum Gasteiger partial charge on any atom is 0.145 e. The van der Waals surface area contributed by atoms with Crippen LogP contribution in [0.3, 0.4) is 0 Å². The Balaban J connectivity index is 1.95. The summed E-state index contributed by atoms with van der Waals surface area (Å²) >= 11 is 1.32. The molecular weight excluding hydrogens is 400 g/mol. The first-order valence-electron chi connectivity index (χ1n) is 9.34. The van der Waals surface area contributed by atoms with E-state index in [2.05, 4.69) is 9.36 Å². The number of nitrogens with zero attached hydrogens (tertiary/aromatic N) is 3. The van der Waals surface area contributed by atoms with Crippen molar-refractivity contribution in [1.29, 1.82) is 0 Å². The molecule has 5 aromatic rings. The summed E-state index contributed by atoms with van der Waals surface area (Å²) in [7, 11) is 0. The summed E-state index contributed by atoms with van der Waals surface area (Å²) in [4.78, 5) is 9.84. The maximum absolute atomic E-state index is 13.7. The van der Waals surface area contributed by atoms with Gasteiger partial charge in [0, 0.05) is 34.5 Å². The topological polar surface area (TPSA) is 38.7 Å². The summed E-state index contributed by atoms with van der Waals surface area (Å²) in [6.07, 6.45) is 3.45. The monoisotopic (exact) mass is 415 g/mol. The van der Waals surface area contributed by atoms with Gasteiger partial charge in [-0.1, -0.05) is 12.1 Å². The summed E-state index contributed by atoms with van der Waals surface area (Å²) in [6.45, 7) is 1.95. The van der Waals surface area contributed by atoms with E-state index in [4.69, 9.17) is 4.98 Å². The third-order valence-corrected chi connectivity index (χ3v) is 5.85. The van der Waals surface area contributed by atoms with E-state index in [1.54, 1.807) is 36.7 Å². The quantitative estimate of drug-likeness (QED) is 0.330. The van der Waals surface area contributed by atoms with Gasteiger partial charge in [0.1, 0.15) is 16.5 Å². The number of benzene rings is 2. The minimum absolute atomic E-state index is 0.298. The first-order chi connectivity index (χ1) is 14.6. The molecule has 0 unspecified atom stereocenters. The van der Waals surface area contributed by atoms with E-state index in [1.807, 2.05) is 19.1 Å². The van der Waals surface area contributed by atoms with E-state index >= 15 is 0 Å². The second-order valence-electron chi connectivity index (χ2n) is 6.91. The second-order valence-corrected chi connectivity index (χ2v) is 7.66. The smallest absolute Gasteiger partial charge is 0.145 e. The molecule has 0 bridgehead atoms. The Morgan fingerprint density at radius 2 is 1.27 bits per heavy atom. The van der Waals surface area contributed by atoms with Crippen LogP contribution in [0.2, 0.25) is 0 Å². The van der Waals surface area contributed by atoms with Crippen LogP contribution >= 0.6 is 11.5 Å². The average molecular weight is 415 g/mol. The Bertz CT molecular complexity index is 1350. The number of rotatable bonds is 3. The molecule has 3 nitrogen and oxygen atoms in total. The van der Waals surface area contributed by atoms with Gasteiger partial charge in [0.25, 0.3) is 0 Å². The van der Waals surface area contributed by atoms with Crippen molar-refractivity contribution in [1.82, 2.24) is 14.3 Å². The van der Waals surface area contributed by atoms with Gasteiger partial charge in [0.15, 0.2) is 0 Å². The van der Waals surface area contributed by atoms with Crippen molar-refractivity contribution in [2.24, 2.45) is 0 Å². The maximum atomic E-state index is 13.7. The van der Waals surface area contributed by atoms with Gasteiger partial charge in [-0.05, 0) is 78.1 Å². The van der Waals surface area contributed by atoms with E-state index < -0.39 is 0 Å². The standard InChI is InChI=1S/C24H15F2N3S/c1-14-20-21(15-2-6-18(25)7-3-15)22(16-10-12-27-13-11-16)23(28-24(20)30-29-14)17-4-8-19(26)9-5-17/h2-13H,1H3. The molecule has 0 saturated carbocycles. The molecule has 0 amide bonds. The molecule has 0 aliphatic heterocycles. The summed E-state index contributed by atoms with van der Waals surface area (Å²) in [5, 5.41) is 0.935. The molecule has 0 fully saturated rings. The van der Waals surface area contributed by atoms with Crippen molar-refractivity contribution in [3.05, 3.63) is 90.4 Å². The van der Waals surface area contributed by atoms with Gasteiger partial charge in [-0.15, -0.1) is 0 Å². The van der Waals surface area contributed by atoms with E-state index in [-0.39, 0.29) is 11.6 Å². The molecule has 0 saturated heterocycles. The molecule has 0 N–H and O–H groups in total. The lowest BCUT2D eigenvalue weighted by atomic mass is 9.89. The average Bonchev–Trinajstić information content (AvgIpc) is 3.15. The Morgan fingerprint density at radius 3 is 1.90 bits per heavy atom. The zero-order valence-corrected chi connectivity index (χ0v) is 16.8. The van der Waals surface area contributed by atoms with Crippen LogP contribution in [0.15, 0.2) is 73.1 Å². The van der Waals surface area contributed by atoms with Gasteiger partial charge < -0.3 is 0 Å². The van der Waals surface area contributed by atoms with E-state index in [1.165, 1.54) is 35.8 Å². The number of aryl methyl sites for hydroxylation is 1. The van der Waals surface area contributed by atoms with Crippen LogP contribution in [0.25, 0.3) is 43.7 Å². The molecule has 3 heterocycles. The molecule has 146 valence electrons. The van der Waals surface area contributed by atoms with Crippen molar-refractivity contribution in [3.8, 4) is 33.5 Å². The first kappa shape index (κ1) is 18.5. The van der Waals surface area contributed by atoms with Crippen LogP contribution in [0.1, 0.15) is 5.69 Å². The van der Waals surface area contributed by atoms with E-state index in [0.29, 0.717) is 0 Å². The van der Waals surface area contributed by atoms with Crippen molar-refractivity contribution < 1.29 is 8.78 Å². The summed E-state index contributed by atoms with van der Waals surface area (Å²) in [5.41, 5.74) is 5.97. The molecule has 0 spiro atoms. The Kier molecular flexibility index (Phi) is 4.56. The zero-order valence-electron chi connectivity index (χ0n) is 15.9. The predicted octanol–water partition coefficient (Wildman–Crippen LogP) is 6.67. The van der Waals surface area contributed by atoms with Crippen LogP contribution in [-0.2, 0) is 0 Å². The number of halogens is 2. The zero-order chi connectivity index (χ0) is 20.7. The number of hydrogen-bond acceptors (Lipinski definition) is 4. The second kappa shape index (κ2) is 7.39. The third-order valence-electron chi connectivity index (χ3n) is 5.01. The Labute approximate surface area is 175 Å². The lowest BCUT2D eigenvalue weighted by molar-refractivity contribution is 0.627. The fraction of sp³-hybridized carbons (Fsp3) is 0.0417. The lowest BCUT2D eigenvalue weighted by Crippen LogP contribution is -1.96. The highest BCUT2D eigenvalue weighted by Gasteiger charge is 2.22. The highest BCUT2D eigenvalue weighted by atomic mass is 32.1. The van der Waals surface area contributed by atoms with Crippen LogP contribution in [-0.4, -0.2) is 14.3 Å². The van der Waals surface area contributed by atoms with Crippen molar-refractivity contribution in [2.75, 3.05) is 0 Å². The number of fused-ring (bicyclic) bond motifs is 1. The summed E-state index contributed by atoms with van der Waals surface area (Å²) in [6, 6.07) is 16.5. The SMILES string of the molecule is Cc1nsc2nc(-c3ccc(F)cc3)c(-c3ccncc3)c(-c3ccc(F)cc3)c12. The van der Waals surface area contributed by atoms with Crippen LogP contribution in [0.4, 0.5) is 8.78 Å². The van der Waals surface area contributed by atoms with Gasteiger partial charge in [0.2, 0.25) is 0 Å². The molecule has 0 aliphatic carbocycles. The van der Waals surface area contributed by atoms with E-state index in [0.717, 1.165) is 49.4 Å². The molecule has 6 heteroatoms. The molecular formula is C24H15F2N3S. The highest BCUT2D eigenvalue weighted by Crippen LogP contribution is 2.44. The largest absolute Gasteiger partial charge is 0.265 e.